The Kier molecular flexibility index (Phi) is 4.33. The minimum Gasteiger partial charge on any atom is -0.310 e. The molecule has 0 saturated heterocycles. The van der Waals surface area contributed by atoms with Gasteiger partial charge in [0.1, 0.15) is 11.6 Å². The zero-order chi connectivity index (χ0) is 17.4. The number of carbonyl (C=O) groups is 1. The normalized spacial score (nSPS) is 12.3. The number of hydrogen-bond acceptors (Lipinski definition) is 2. The van der Waals surface area contributed by atoms with Gasteiger partial charge in [0.25, 0.3) is 0 Å². The molecule has 1 heterocycles. The second-order valence-corrected chi connectivity index (χ2v) is 7.76. The van der Waals surface area contributed by atoms with E-state index in [-0.39, 0.29) is 17.1 Å². The molecule has 0 fully saturated rings. The summed E-state index contributed by atoms with van der Waals surface area (Å²) in [7, 11) is 0. The number of nitrogens with zero attached hydrogens (tertiary/aromatic N) is 2. The van der Waals surface area contributed by atoms with E-state index in [9.17, 15) is 9.18 Å². The number of nitrogens with one attached hydrogen (secondary N) is 1. The molecule has 5 heteroatoms. The molecule has 0 saturated carbocycles. The summed E-state index contributed by atoms with van der Waals surface area (Å²) in [6.07, 6.45) is 0. The fourth-order valence-electron chi connectivity index (χ4n) is 1.95. The minimum atomic E-state index is -0.529. The summed E-state index contributed by atoms with van der Waals surface area (Å²) in [5.74, 6) is 0.0827. The molecule has 0 spiro atoms. The summed E-state index contributed by atoms with van der Waals surface area (Å²) in [5, 5.41) is 7.46. The van der Waals surface area contributed by atoms with Crippen molar-refractivity contribution in [3.05, 3.63) is 41.8 Å². The first-order chi connectivity index (χ1) is 10.5. The van der Waals surface area contributed by atoms with Crippen LogP contribution in [-0.4, -0.2) is 15.7 Å². The van der Waals surface area contributed by atoms with Crippen LogP contribution in [0, 0.1) is 11.2 Å². The van der Waals surface area contributed by atoms with Gasteiger partial charge in [0.15, 0.2) is 0 Å². The van der Waals surface area contributed by atoms with E-state index >= 15 is 0 Å². The van der Waals surface area contributed by atoms with E-state index < -0.39 is 5.41 Å². The molecule has 0 unspecified atom stereocenters. The zero-order valence-corrected chi connectivity index (χ0v) is 14.6. The van der Waals surface area contributed by atoms with Gasteiger partial charge in [0.2, 0.25) is 5.91 Å². The van der Waals surface area contributed by atoms with Crippen molar-refractivity contribution in [2.75, 3.05) is 5.32 Å². The number of rotatable bonds is 2. The summed E-state index contributed by atoms with van der Waals surface area (Å²) < 4.78 is 15.1. The average Bonchev–Trinajstić information content (AvgIpc) is 2.81. The van der Waals surface area contributed by atoms with Crippen molar-refractivity contribution in [2.45, 2.75) is 47.0 Å². The van der Waals surface area contributed by atoms with E-state index in [2.05, 4.69) is 10.4 Å². The van der Waals surface area contributed by atoms with Crippen molar-refractivity contribution in [3.63, 3.8) is 0 Å². The minimum absolute atomic E-state index is 0.115. The van der Waals surface area contributed by atoms with Crippen molar-refractivity contribution in [3.8, 4) is 5.69 Å². The Morgan fingerprint density at radius 3 is 2.30 bits per heavy atom. The Morgan fingerprint density at radius 2 is 1.78 bits per heavy atom. The molecule has 1 aromatic carbocycles. The molecule has 23 heavy (non-hydrogen) atoms. The fraction of sp³-hybridized carbons (Fsp3) is 0.444. The van der Waals surface area contributed by atoms with Crippen LogP contribution < -0.4 is 5.32 Å². The van der Waals surface area contributed by atoms with Crippen LogP contribution in [0.1, 0.15) is 47.2 Å². The van der Waals surface area contributed by atoms with E-state index in [1.165, 1.54) is 12.1 Å². The van der Waals surface area contributed by atoms with Crippen LogP contribution in [0.2, 0.25) is 0 Å². The molecule has 0 aliphatic heterocycles. The number of amides is 1. The summed E-state index contributed by atoms with van der Waals surface area (Å²) in [4.78, 5) is 12.3. The number of aromatic nitrogens is 2. The van der Waals surface area contributed by atoms with E-state index in [1.807, 2.05) is 47.6 Å². The lowest BCUT2D eigenvalue weighted by Crippen LogP contribution is -2.28. The van der Waals surface area contributed by atoms with Crippen LogP contribution in [0.15, 0.2) is 30.3 Å². The highest BCUT2D eigenvalue weighted by Crippen LogP contribution is 2.27. The molecule has 0 aliphatic rings. The lowest BCUT2D eigenvalue weighted by Gasteiger charge is -2.18. The second-order valence-electron chi connectivity index (χ2n) is 7.76. The molecule has 0 bridgehead atoms. The topological polar surface area (TPSA) is 46.9 Å². The molecule has 4 nitrogen and oxygen atoms in total. The lowest BCUT2D eigenvalue weighted by atomic mass is 9.92. The van der Waals surface area contributed by atoms with Crippen LogP contribution in [0.25, 0.3) is 5.69 Å². The van der Waals surface area contributed by atoms with E-state index in [0.717, 1.165) is 5.69 Å². The Hall–Kier alpha value is -2.17. The fourth-order valence-corrected chi connectivity index (χ4v) is 1.95. The van der Waals surface area contributed by atoms with Crippen LogP contribution >= 0.6 is 0 Å². The largest absolute Gasteiger partial charge is 0.310 e. The van der Waals surface area contributed by atoms with Gasteiger partial charge in [-0.1, -0.05) is 47.6 Å². The molecule has 1 N–H and O–H groups in total. The average molecular weight is 317 g/mol. The van der Waals surface area contributed by atoms with Crippen molar-refractivity contribution >= 4 is 11.7 Å². The third-order valence-electron chi connectivity index (χ3n) is 3.45. The van der Waals surface area contributed by atoms with Gasteiger partial charge in [-0.25, -0.2) is 9.07 Å². The number of carbonyl (C=O) groups excluding carboxylic acids is 1. The van der Waals surface area contributed by atoms with Crippen LogP contribution in [0.4, 0.5) is 10.2 Å². The zero-order valence-electron chi connectivity index (χ0n) is 14.6. The highest BCUT2D eigenvalue weighted by Gasteiger charge is 2.25. The number of benzene rings is 1. The number of anilines is 1. The summed E-state index contributed by atoms with van der Waals surface area (Å²) >= 11 is 0. The van der Waals surface area contributed by atoms with Gasteiger partial charge < -0.3 is 5.32 Å². The van der Waals surface area contributed by atoms with Crippen molar-refractivity contribution in [1.29, 1.82) is 0 Å². The lowest BCUT2D eigenvalue weighted by molar-refractivity contribution is -0.123. The molecular formula is C18H24FN3O. The highest BCUT2D eigenvalue weighted by molar-refractivity contribution is 5.94. The van der Waals surface area contributed by atoms with Gasteiger partial charge in [-0.15, -0.1) is 0 Å². The van der Waals surface area contributed by atoms with Gasteiger partial charge in [-0.05, 0) is 18.2 Å². The van der Waals surface area contributed by atoms with E-state index in [4.69, 9.17) is 0 Å². The first kappa shape index (κ1) is 17.2. The number of halogens is 1. The first-order valence-electron chi connectivity index (χ1n) is 7.66. The molecular weight excluding hydrogens is 293 g/mol. The quantitative estimate of drug-likeness (QED) is 0.898. The van der Waals surface area contributed by atoms with Gasteiger partial charge in [0, 0.05) is 16.9 Å². The first-order valence-corrected chi connectivity index (χ1v) is 7.66. The van der Waals surface area contributed by atoms with Crippen LogP contribution in [0.3, 0.4) is 0 Å². The van der Waals surface area contributed by atoms with E-state index in [0.29, 0.717) is 11.5 Å². The molecule has 1 aromatic heterocycles. The summed E-state index contributed by atoms with van der Waals surface area (Å²) in [6, 6.07) is 8.00. The van der Waals surface area contributed by atoms with Crippen LogP contribution in [0.5, 0.6) is 0 Å². The predicted molar refractivity (Wildman–Crippen MR) is 90.3 cm³/mol. The van der Waals surface area contributed by atoms with E-state index in [1.54, 1.807) is 16.8 Å². The smallest absolute Gasteiger partial charge is 0.230 e. The standard InChI is InChI=1S/C18H24FN3O/c1-17(2,3)14-11-15(20-16(23)18(4,5)6)22(21-14)13-9-7-8-12(19)10-13/h7-11H,1-6H3,(H,20,23). The van der Waals surface area contributed by atoms with Crippen molar-refractivity contribution < 1.29 is 9.18 Å². The summed E-state index contributed by atoms with van der Waals surface area (Å²) in [5.41, 5.74) is 0.689. The third-order valence-corrected chi connectivity index (χ3v) is 3.45. The van der Waals surface area contributed by atoms with Gasteiger partial charge >= 0.3 is 0 Å². The number of hydrogen-bond donors (Lipinski definition) is 1. The molecule has 0 atom stereocenters. The Bertz CT molecular complexity index is 721. The van der Waals surface area contributed by atoms with Crippen LogP contribution in [-0.2, 0) is 10.2 Å². The van der Waals surface area contributed by atoms with Gasteiger partial charge in [-0.3, -0.25) is 4.79 Å². The monoisotopic (exact) mass is 317 g/mol. The maximum atomic E-state index is 13.5. The molecule has 2 rings (SSSR count). The predicted octanol–water partition coefficient (Wildman–Crippen LogP) is 4.29. The highest BCUT2D eigenvalue weighted by atomic mass is 19.1. The molecule has 2 aromatic rings. The molecule has 0 radical (unpaired) electrons. The Labute approximate surface area is 136 Å². The van der Waals surface area contributed by atoms with Gasteiger partial charge in [0.05, 0.1) is 11.4 Å². The third kappa shape index (κ3) is 3.97. The molecule has 124 valence electrons. The Morgan fingerprint density at radius 1 is 1.13 bits per heavy atom. The van der Waals surface area contributed by atoms with Gasteiger partial charge in [-0.2, -0.15) is 5.10 Å². The SMILES string of the molecule is CC(C)(C)C(=O)Nc1cc(C(C)(C)C)nn1-c1cccc(F)c1. The van der Waals surface area contributed by atoms with Crippen molar-refractivity contribution in [2.24, 2.45) is 5.41 Å². The maximum absolute atomic E-state index is 13.5. The Balaban J connectivity index is 2.51. The summed E-state index contributed by atoms with van der Waals surface area (Å²) in [6.45, 7) is 11.7. The maximum Gasteiger partial charge on any atom is 0.230 e. The second kappa shape index (κ2) is 5.80. The van der Waals surface area contributed by atoms with Crippen molar-refractivity contribution in [1.82, 2.24) is 9.78 Å². The molecule has 0 aliphatic carbocycles. The molecule has 1 amide bonds.